The summed E-state index contributed by atoms with van der Waals surface area (Å²) in [5.41, 5.74) is 0.250. The maximum atomic E-state index is 13.4. The average molecular weight is 452 g/mol. The van der Waals surface area contributed by atoms with Crippen LogP contribution in [0.25, 0.3) is 0 Å². The predicted molar refractivity (Wildman–Crippen MR) is 100 cm³/mol. The van der Waals surface area contributed by atoms with Gasteiger partial charge in [0.1, 0.15) is 23.8 Å². The van der Waals surface area contributed by atoms with Crippen LogP contribution in [-0.2, 0) is 11.8 Å². The van der Waals surface area contributed by atoms with Gasteiger partial charge in [0.25, 0.3) is 5.91 Å². The molecule has 0 aliphatic carbocycles. The van der Waals surface area contributed by atoms with E-state index in [1.165, 1.54) is 29.9 Å². The van der Waals surface area contributed by atoms with Crippen molar-refractivity contribution >= 4 is 41.0 Å². The van der Waals surface area contributed by atoms with Crippen molar-refractivity contribution in [2.45, 2.75) is 19.5 Å². The number of hydrogen-bond donors (Lipinski definition) is 3. The summed E-state index contributed by atoms with van der Waals surface area (Å²) in [5, 5.41) is 11.4. The van der Waals surface area contributed by atoms with Crippen LogP contribution in [0.2, 0.25) is 5.02 Å². The Balaban J connectivity index is 2.05. The number of anilines is 2. The van der Waals surface area contributed by atoms with Gasteiger partial charge in [0.2, 0.25) is 0 Å². The highest BCUT2D eigenvalue weighted by Gasteiger charge is 2.32. The van der Waals surface area contributed by atoms with E-state index in [1.807, 2.05) is 0 Å². The molecular formula is C16H14ClF4N5O2S. The fourth-order valence-electron chi connectivity index (χ4n) is 2.20. The molecule has 0 saturated carbocycles. The van der Waals surface area contributed by atoms with Crippen molar-refractivity contribution in [1.29, 1.82) is 5.26 Å². The fourth-order valence-corrected chi connectivity index (χ4v) is 3.11. The summed E-state index contributed by atoms with van der Waals surface area (Å²) < 4.78 is 59.9. The Bertz CT molecular complexity index is 945. The molecule has 29 heavy (non-hydrogen) atoms. The van der Waals surface area contributed by atoms with Crippen LogP contribution < -0.4 is 14.8 Å². The molecule has 7 nitrogen and oxygen atoms in total. The van der Waals surface area contributed by atoms with E-state index in [-0.39, 0.29) is 27.7 Å². The van der Waals surface area contributed by atoms with E-state index in [1.54, 1.807) is 6.07 Å². The van der Waals surface area contributed by atoms with Crippen LogP contribution in [0.1, 0.15) is 23.0 Å². The Morgan fingerprint density at radius 2 is 2.10 bits per heavy atom. The first-order chi connectivity index (χ1) is 13.5. The van der Waals surface area contributed by atoms with E-state index < -0.39 is 24.3 Å². The maximum Gasteiger partial charge on any atom is 0.524 e. The van der Waals surface area contributed by atoms with E-state index in [9.17, 15) is 22.4 Å². The van der Waals surface area contributed by atoms with Crippen LogP contribution in [-0.4, -0.2) is 23.1 Å². The Morgan fingerprint density at radius 1 is 1.41 bits per heavy atom. The van der Waals surface area contributed by atoms with E-state index in [2.05, 4.69) is 19.5 Å². The molecule has 3 N–H and O–H groups in total. The van der Waals surface area contributed by atoms with Gasteiger partial charge in [-0.25, -0.2) is 9.11 Å². The Labute approximate surface area is 172 Å². The van der Waals surface area contributed by atoms with Gasteiger partial charge >= 0.3 is 6.36 Å². The average Bonchev–Trinajstić information content (AvgIpc) is 2.88. The lowest BCUT2D eigenvalue weighted by Crippen LogP contribution is -2.30. The SMILES string of the molecule is CC(NSNc1cn(C)c(C(=O)Nc2ccc(F)c(C#N)c2)c1Cl)OC(F)(F)F. The van der Waals surface area contributed by atoms with Gasteiger partial charge in [-0.05, 0) is 25.1 Å². The molecule has 0 aliphatic heterocycles. The van der Waals surface area contributed by atoms with Gasteiger partial charge in [-0.1, -0.05) is 11.6 Å². The molecule has 1 atom stereocenters. The third kappa shape index (κ3) is 6.26. The van der Waals surface area contributed by atoms with Gasteiger partial charge in [0.15, 0.2) is 0 Å². The van der Waals surface area contributed by atoms with Crippen molar-refractivity contribution in [3.63, 3.8) is 0 Å². The number of nitriles is 1. The van der Waals surface area contributed by atoms with Gasteiger partial charge < -0.3 is 14.6 Å². The summed E-state index contributed by atoms with van der Waals surface area (Å²) in [6.07, 6.45) is -4.67. The summed E-state index contributed by atoms with van der Waals surface area (Å²) in [6, 6.07) is 5.16. The monoisotopic (exact) mass is 451 g/mol. The third-order valence-corrected chi connectivity index (χ3v) is 4.53. The first kappa shape index (κ1) is 22.8. The lowest BCUT2D eigenvalue weighted by atomic mass is 10.2. The van der Waals surface area contributed by atoms with Crippen molar-refractivity contribution in [2.24, 2.45) is 7.05 Å². The molecule has 1 unspecified atom stereocenters. The number of aryl methyl sites for hydroxylation is 1. The number of nitrogens with one attached hydrogen (secondary N) is 3. The molecule has 0 aliphatic rings. The fraction of sp³-hybridized carbons (Fsp3) is 0.250. The predicted octanol–water partition coefficient (Wildman–Crippen LogP) is 4.39. The molecule has 0 spiro atoms. The minimum Gasteiger partial charge on any atom is -0.343 e. The molecule has 1 aromatic carbocycles. The second-order valence-corrected chi connectivity index (χ2v) is 6.63. The number of carbonyl (C=O) groups excluding carboxylic acids is 1. The first-order valence-electron chi connectivity index (χ1n) is 7.79. The van der Waals surface area contributed by atoms with Gasteiger partial charge in [-0.3, -0.25) is 9.53 Å². The van der Waals surface area contributed by atoms with Crippen LogP contribution in [0.3, 0.4) is 0 Å². The van der Waals surface area contributed by atoms with Crippen molar-refractivity contribution in [1.82, 2.24) is 9.29 Å². The minimum absolute atomic E-state index is 0.00584. The number of amides is 1. The summed E-state index contributed by atoms with van der Waals surface area (Å²) in [7, 11) is 1.53. The quantitative estimate of drug-likeness (QED) is 0.328. The molecule has 0 bridgehead atoms. The molecule has 1 aromatic heterocycles. The smallest absolute Gasteiger partial charge is 0.343 e. The molecule has 0 fully saturated rings. The second kappa shape index (κ2) is 9.36. The lowest BCUT2D eigenvalue weighted by molar-refractivity contribution is -0.341. The number of hydrogen-bond acceptors (Lipinski definition) is 6. The zero-order valence-electron chi connectivity index (χ0n) is 14.9. The number of alkyl halides is 3. The zero-order valence-corrected chi connectivity index (χ0v) is 16.5. The maximum absolute atomic E-state index is 13.4. The van der Waals surface area contributed by atoms with E-state index in [0.29, 0.717) is 12.1 Å². The molecule has 0 saturated heterocycles. The molecule has 2 rings (SSSR count). The summed E-state index contributed by atoms with van der Waals surface area (Å²) in [6.45, 7) is 1.16. The van der Waals surface area contributed by atoms with E-state index >= 15 is 0 Å². The van der Waals surface area contributed by atoms with E-state index in [0.717, 1.165) is 13.0 Å². The van der Waals surface area contributed by atoms with Gasteiger partial charge in [-0.15, -0.1) is 13.2 Å². The van der Waals surface area contributed by atoms with Gasteiger partial charge in [0.05, 0.1) is 16.3 Å². The van der Waals surface area contributed by atoms with Crippen molar-refractivity contribution in [2.75, 3.05) is 10.0 Å². The van der Waals surface area contributed by atoms with Crippen LogP contribution in [0, 0.1) is 17.1 Å². The highest BCUT2D eigenvalue weighted by Crippen LogP contribution is 2.30. The van der Waals surface area contributed by atoms with E-state index in [4.69, 9.17) is 16.9 Å². The van der Waals surface area contributed by atoms with Crippen LogP contribution >= 0.6 is 23.7 Å². The van der Waals surface area contributed by atoms with Crippen molar-refractivity contribution in [3.8, 4) is 6.07 Å². The number of ether oxygens (including phenoxy) is 1. The Kier molecular flexibility index (Phi) is 7.37. The number of rotatable bonds is 7. The number of nitrogens with zero attached hydrogens (tertiary/aromatic N) is 2. The molecule has 2 aromatic rings. The van der Waals surface area contributed by atoms with Gasteiger partial charge in [-0.2, -0.15) is 5.26 Å². The lowest BCUT2D eigenvalue weighted by Gasteiger charge is -2.15. The minimum atomic E-state index is -4.78. The molecule has 156 valence electrons. The third-order valence-electron chi connectivity index (χ3n) is 3.38. The normalized spacial score (nSPS) is 12.3. The standard InChI is InChI=1S/C16H14ClF4N5O2S/c1-8(28-16(19,20)21)24-29-25-12-7-26(2)14(13(12)17)15(27)23-10-3-4-11(18)9(5-10)6-22/h3-5,7-8,24-25H,1-2H3,(H,23,27). The summed E-state index contributed by atoms with van der Waals surface area (Å²) >= 11 is 6.87. The Hall–Kier alpha value is -2.46. The largest absolute Gasteiger partial charge is 0.524 e. The molecule has 1 amide bonds. The highest BCUT2D eigenvalue weighted by molar-refractivity contribution is 7.98. The zero-order chi connectivity index (χ0) is 21.8. The number of aromatic nitrogens is 1. The summed E-state index contributed by atoms with van der Waals surface area (Å²) in [5.74, 6) is -1.35. The molecule has 1 heterocycles. The Morgan fingerprint density at radius 3 is 2.72 bits per heavy atom. The van der Waals surface area contributed by atoms with Crippen LogP contribution in [0.5, 0.6) is 0 Å². The summed E-state index contributed by atoms with van der Waals surface area (Å²) in [4.78, 5) is 12.5. The van der Waals surface area contributed by atoms with Crippen LogP contribution in [0.4, 0.5) is 28.9 Å². The van der Waals surface area contributed by atoms with Crippen LogP contribution in [0.15, 0.2) is 24.4 Å². The topological polar surface area (TPSA) is 91.1 Å². The molecular weight excluding hydrogens is 438 g/mol. The molecule has 0 radical (unpaired) electrons. The highest BCUT2D eigenvalue weighted by atomic mass is 35.5. The molecule has 13 heteroatoms. The number of benzene rings is 1. The first-order valence-corrected chi connectivity index (χ1v) is 8.99. The van der Waals surface area contributed by atoms with Gasteiger partial charge in [0, 0.05) is 31.1 Å². The number of halogens is 5. The number of carbonyl (C=O) groups is 1. The van der Waals surface area contributed by atoms with Crippen molar-refractivity contribution in [3.05, 3.63) is 46.5 Å². The second-order valence-electron chi connectivity index (χ2n) is 5.60. The van der Waals surface area contributed by atoms with Crippen molar-refractivity contribution < 1.29 is 27.1 Å².